The number of esters is 1. The van der Waals surface area contributed by atoms with E-state index in [0.717, 1.165) is 46.7 Å². The smallest absolute Gasteiger partial charge is 0.309 e. The third kappa shape index (κ3) is 7.39. The first kappa shape index (κ1) is 28.8. The summed E-state index contributed by atoms with van der Waals surface area (Å²) in [6.45, 7) is 2.24. The Labute approximate surface area is 254 Å². The number of carbonyl (C=O) groups is 1. The Morgan fingerprint density at radius 3 is 2.56 bits per heavy atom. The number of methoxy groups -OCH3 is 1. The number of pyridine rings is 1. The topological polar surface area (TPSA) is 80.2 Å². The van der Waals surface area contributed by atoms with Gasteiger partial charge in [0.1, 0.15) is 12.1 Å². The van der Waals surface area contributed by atoms with Gasteiger partial charge in [0, 0.05) is 49.0 Å². The van der Waals surface area contributed by atoms with Crippen LogP contribution in [0.1, 0.15) is 50.5 Å². The molecule has 3 atom stereocenters. The highest BCUT2D eigenvalue weighted by molar-refractivity contribution is 5.74. The van der Waals surface area contributed by atoms with Gasteiger partial charge in [-0.3, -0.25) is 4.79 Å². The molecule has 7 heteroatoms. The van der Waals surface area contributed by atoms with Crippen LogP contribution in [0.2, 0.25) is 0 Å². The van der Waals surface area contributed by atoms with Crippen LogP contribution in [-0.2, 0) is 16.0 Å². The van der Waals surface area contributed by atoms with Crippen LogP contribution in [0.25, 0.3) is 22.3 Å². The van der Waals surface area contributed by atoms with Crippen molar-refractivity contribution in [3.05, 3.63) is 91.1 Å². The van der Waals surface area contributed by atoms with Crippen molar-refractivity contribution in [2.45, 2.75) is 57.4 Å². The average molecular weight is 576 g/mol. The molecule has 0 bridgehead atoms. The molecule has 7 nitrogen and oxygen atoms in total. The molecule has 1 saturated carbocycles. The summed E-state index contributed by atoms with van der Waals surface area (Å²) in [4.78, 5) is 27.4. The molecule has 1 saturated heterocycles. The fourth-order valence-corrected chi connectivity index (χ4v) is 6.89. The molecule has 2 aromatic heterocycles. The first-order valence-electron chi connectivity index (χ1n) is 15.6. The van der Waals surface area contributed by atoms with E-state index in [4.69, 9.17) is 9.72 Å². The van der Waals surface area contributed by atoms with Gasteiger partial charge in [0.2, 0.25) is 0 Å². The van der Waals surface area contributed by atoms with Crippen LogP contribution >= 0.6 is 0 Å². The maximum absolute atomic E-state index is 11.8. The van der Waals surface area contributed by atoms with Crippen molar-refractivity contribution in [1.82, 2.24) is 15.0 Å². The Balaban J connectivity index is 1.09. The van der Waals surface area contributed by atoms with Gasteiger partial charge in [0.15, 0.2) is 0 Å². The van der Waals surface area contributed by atoms with Gasteiger partial charge in [-0.15, -0.1) is 0 Å². The van der Waals surface area contributed by atoms with Gasteiger partial charge in [0.05, 0.1) is 13.5 Å². The molecule has 1 N–H and O–H groups in total. The number of nitrogens with zero attached hydrogens (tertiary/aromatic N) is 4. The normalized spacial score (nSPS) is 20.4. The summed E-state index contributed by atoms with van der Waals surface area (Å²) >= 11 is 0. The van der Waals surface area contributed by atoms with Crippen molar-refractivity contribution >= 4 is 17.5 Å². The zero-order chi connectivity index (χ0) is 29.4. The van der Waals surface area contributed by atoms with Crippen molar-refractivity contribution in [3.63, 3.8) is 0 Å². The number of carbonyl (C=O) groups excluding carboxylic acids is 1. The van der Waals surface area contributed by atoms with Gasteiger partial charge in [0.25, 0.3) is 0 Å². The largest absolute Gasteiger partial charge is 0.469 e. The minimum atomic E-state index is -0.227. The van der Waals surface area contributed by atoms with E-state index >= 15 is 0 Å². The molecule has 2 aromatic carbocycles. The maximum Gasteiger partial charge on any atom is 0.309 e. The van der Waals surface area contributed by atoms with E-state index in [0.29, 0.717) is 17.9 Å². The van der Waals surface area contributed by atoms with Crippen LogP contribution in [0, 0.1) is 11.8 Å². The van der Waals surface area contributed by atoms with Crippen molar-refractivity contribution in [1.29, 1.82) is 0 Å². The Morgan fingerprint density at radius 1 is 0.907 bits per heavy atom. The van der Waals surface area contributed by atoms with Crippen molar-refractivity contribution in [2.24, 2.45) is 11.8 Å². The number of ether oxygens (including phenoxy) is 1. The monoisotopic (exact) mass is 575 g/mol. The molecular weight excluding hydrogens is 534 g/mol. The number of nitrogens with one attached hydrogen (secondary N) is 1. The summed E-state index contributed by atoms with van der Waals surface area (Å²) in [5.74, 6) is 2.05. The highest BCUT2D eigenvalue weighted by Crippen LogP contribution is 2.36. The second-order valence-electron chi connectivity index (χ2n) is 12.0. The lowest BCUT2D eigenvalue weighted by molar-refractivity contribution is -0.139. The molecule has 4 aromatic rings. The van der Waals surface area contributed by atoms with E-state index in [1.54, 1.807) is 6.33 Å². The van der Waals surface area contributed by atoms with Gasteiger partial charge in [-0.25, -0.2) is 15.0 Å². The zero-order valence-corrected chi connectivity index (χ0v) is 25.0. The molecule has 2 aliphatic rings. The number of aromatic nitrogens is 3. The third-order valence-corrected chi connectivity index (χ3v) is 9.12. The minimum Gasteiger partial charge on any atom is -0.469 e. The number of hydrogen-bond acceptors (Lipinski definition) is 7. The fraction of sp³-hybridized carbons (Fsp3) is 0.389. The molecule has 43 heavy (non-hydrogen) atoms. The summed E-state index contributed by atoms with van der Waals surface area (Å²) in [7, 11) is 1.43. The quantitative estimate of drug-likeness (QED) is 0.211. The average Bonchev–Trinajstić information content (AvgIpc) is 3.06. The fourth-order valence-electron chi connectivity index (χ4n) is 6.89. The number of benzene rings is 2. The van der Waals surface area contributed by atoms with Crippen LogP contribution in [0.15, 0.2) is 85.6 Å². The predicted octanol–water partition coefficient (Wildman–Crippen LogP) is 7.20. The number of piperidine rings is 1. The summed E-state index contributed by atoms with van der Waals surface area (Å²) in [6, 6.07) is 21.6. The van der Waals surface area contributed by atoms with Crippen LogP contribution < -0.4 is 10.2 Å². The van der Waals surface area contributed by atoms with E-state index in [1.165, 1.54) is 57.7 Å². The standard InChI is InChI=1S/C36H41N5O2/c1-43-36(42)20-26-6-4-9-29(18-26)30-15-16-39-35(21-30)40-34-10-3-2-8-31(34)19-27-7-5-17-41(24-27)33-13-11-28(12-14-33)32-22-37-25-38-23-32/h4,6,9,11-16,18,21-23,25,27,31,34H,2-3,5,7-8,10,17,19-20,24H2,1H3,(H,39,40)/t27-,31+,34-/m1/s1. The SMILES string of the molecule is COC(=O)Cc1cccc(-c2ccnc(N[C@@H]3CCCC[C@H]3C[C@H]3CCCN(c4ccc(-c5cncnc5)cc4)C3)c2)c1. The van der Waals surface area contributed by atoms with Crippen molar-refractivity contribution in [2.75, 3.05) is 30.4 Å². The predicted molar refractivity (Wildman–Crippen MR) is 172 cm³/mol. The van der Waals surface area contributed by atoms with E-state index in [1.807, 2.05) is 36.8 Å². The van der Waals surface area contributed by atoms with Crippen molar-refractivity contribution in [3.8, 4) is 22.3 Å². The highest BCUT2D eigenvalue weighted by atomic mass is 16.5. The Morgan fingerprint density at radius 2 is 1.72 bits per heavy atom. The molecule has 0 spiro atoms. The molecule has 6 rings (SSSR count). The summed E-state index contributed by atoms with van der Waals surface area (Å²) in [6.07, 6.45) is 16.3. The van der Waals surface area contributed by atoms with E-state index in [2.05, 4.69) is 62.6 Å². The third-order valence-electron chi connectivity index (χ3n) is 9.12. The van der Waals surface area contributed by atoms with Gasteiger partial charge in [-0.05, 0) is 90.5 Å². The molecule has 1 aliphatic carbocycles. The second-order valence-corrected chi connectivity index (χ2v) is 12.0. The van der Waals surface area contributed by atoms with Gasteiger partial charge < -0.3 is 15.0 Å². The summed E-state index contributed by atoms with van der Waals surface area (Å²) in [5.41, 5.74) is 6.64. The van der Waals surface area contributed by atoms with Crippen LogP contribution in [0.4, 0.5) is 11.5 Å². The van der Waals surface area contributed by atoms with Crippen LogP contribution in [0.5, 0.6) is 0 Å². The van der Waals surface area contributed by atoms with E-state index < -0.39 is 0 Å². The molecule has 2 fully saturated rings. The number of rotatable bonds is 9. The number of anilines is 2. The lowest BCUT2D eigenvalue weighted by Crippen LogP contribution is -2.39. The molecule has 1 aliphatic heterocycles. The highest BCUT2D eigenvalue weighted by Gasteiger charge is 2.30. The Kier molecular flexibility index (Phi) is 9.26. The molecule has 0 amide bonds. The summed E-state index contributed by atoms with van der Waals surface area (Å²) < 4.78 is 4.85. The number of hydrogen-bond donors (Lipinski definition) is 1. The van der Waals surface area contributed by atoms with E-state index in [-0.39, 0.29) is 12.4 Å². The van der Waals surface area contributed by atoms with Gasteiger partial charge in [-0.1, -0.05) is 49.2 Å². The lowest BCUT2D eigenvalue weighted by Gasteiger charge is -2.39. The van der Waals surface area contributed by atoms with Gasteiger partial charge >= 0.3 is 5.97 Å². The second kappa shape index (κ2) is 13.8. The molecule has 0 unspecified atom stereocenters. The Bertz CT molecular complexity index is 1490. The molecule has 3 heterocycles. The Hall–Kier alpha value is -4.26. The van der Waals surface area contributed by atoms with Crippen LogP contribution in [-0.4, -0.2) is 47.2 Å². The molecule has 0 radical (unpaired) electrons. The van der Waals surface area contributed by atoms with E-state index in [9.17, 15) is 4.79 Å². The molecular formula is C36H41N5O2. The summed E-state index contributed by atoms with van der Waals surface area (Å²) in [5, 5.41) is 3.84. The minimum absolute atomic E-state index is 0.227. The first-order valence-corrected chi connectivity index (χ1v) is 15.6. The van der Waals surface area contributed by atoms with Gasteiger partial charge in [-0.2, -0.15) is 0 Å². The first-order chi connectivity index (χ1) is 21.1. The maximum atomic E-state index is 11.8. The van der Waals surface area contributed by atoms with Crippen LogP contribution in [0.3, 0.4) is 0 Å². The molecule has 222 valence electrons. The lowest BCUT2D eigenvalue weighted by atomic mass is 9.77. The zero-order valence-electron chi connectivity index (χ0n) is 25.0. The van der Waals surface area contributed by atoms with Crippen molar-refractivity contribution < 1.29 is 9.53 Å².